The first-order valence-electron chi connectivity index (χ1n) is 7.39. The molecule has 0 saturated carbocycles. The van der Waals surface area contributed by atoms with Gasteiger partial charge in [-0.05, 0) is 72.5 Å². The molecule has 0 spiro atoms. The lowest BCUT2D eigenvalue weighted by molar-refractivity contribution is -0.119. The van der Waals surface area contributed by atoms with E-state index in [1.807, 2.05) is 37.3 Å². The highest BCUT2D eigenvalue weighted by Crippen LogP contribution is 2.12. The number of benzene rings is 1. The summed E-state index contributed by atoms with van der Waals surface area (Å²) in [7, 11) is 1.72. The zero-order valence-electron chi connectivity index (χ0n) is 13.5. The van der Waals surface area contributed by atoms with Crippen molar-refractivity contribution in [2.24, 2.45) is 0 Å². The largest absolute Gasteiger partial charge is 0.325 e. The number of likely N-dealkylation sites (N-methyl/N-ethyl adjacent to an activating group) is 1. The number of rotatable bonds is 6. The molecule has 0 atom stereocenters. The maximum Gasteiger partial charge on any atom is 0.239 e. The van der Waals surface area contributed by atoms with Crippen LogP contribution in [-0.4, -0.2) is 41.8 Å². The minimum atomic E-state index is -0.211. The van der Waals surface area contributed by atoms with Gasteiger partial charge in [0, 0.05) is 15.5 Å². The van der Waals surface area contributed by atoms with Gasteiger partial charge in [0.15, 0.2) is 0 Å². The third-order valence-electron chi connectivity index (χ3n) is 3.12. The standard InChI is InChI=1S/C17H19IN4O2/c1-12-6-7-19-15(8-12)21-17(24)11-22(2)10-16(23)20-14-5-3-4-13(18)9-14/h3-9H,10-11H2,1-2H3,(H,20,23)(H,19,21,24). The molecule has 1 aromatic heterocycles. The zero-order valence-corrected chi connectivity index (χ0v) is 15.7. The van der Waals surface area contributed by atoms with Gasteiger partial charge in [0.1, 0.15) is 5.82 Å². The Kier molecular flexibility index (Phi) is 6.68. The lowest BCUT2D eigenvalue weighted by atomic mass is 10.3. The highest BCUT2D eigenvalue weighted by atomic mass is 127. The Labute approximate surface area is 154 Å². The van der Waals surface area contributed by atoms with Gasteiger partial charge in [-0.25, -0.2) is 4.98 Å². The van der Waals surface area contributed by atoms with Crippen LogP contribution in [0.4, 0.5) is 11.5 Å². The van der Waals surface area contributed by atoms with E-state index in [1.54, 1.807) is 24.2 Å². The molecule has 6 nitrogen and oxygen atoms in total. The highest BCUT2D eigenvalue weighted by Gasteiger charge is 2.11. The number of carbonyl (C=O) groups excluding carboxylic acids is 2. The van der Waals surface area contributed by atoms with Crippen molar-refractivity contribution in [1.82, 2.24) is 9.88 Å². The van der Waals surface area contributed by atoms with Gasteiger partial charge < -0.3 is 10.6 Å². The molecule has 0 saturated heterocycles. The third kappa shape index (κ3) is 6.25. The molecule has 0 aliphatic carbocycles. The van der Waals surface area contributed by atoms with E-state index in [0.717, 1.165) is 14.8 Å². The second kappa shape index (κ2) is 8.74. The van der Waals surface area contributed by atoms with E-state index in [4.69, 9.17) is 0 Å². The van der Waals surface area contributed by atoms with Crippen molar-refractivity contribution >= 4 is 45.9 Å². The molecule has 1 heterocycles. The molecule has 0 radical (unpaired) electrons. The number of aryl methyl sites for hydroxylation is 1. The Balaban J connectivity index is 1.80. The number of anilines is 2. The minimum absolute atomic E-state index is 0.107. The maximum absolute atomic E-state index is 12.0. The monoisotopic (exact) mass is 438 g/mol. The number of carbonyl (C=O) groups is 2. The molecular formula is C17H19IN4O2. The van der Waals surface area contributed by atoms with Gasteiger partial charge in [0.05, 0.1) is 13.1 Å². The molecule has 0 bridgehead atoms. The van der Waals surface area contributed by atoms with Gasteiger partial charge in [0.2, 0.25) is 11.8 Å². The van der Waals surface area contributed by atoms with Crippen LogP contribution >= 0.6 is 22.6 Å². The number of aromatic nitrogens is 1. The predicted molar refractivity (Wildman–Crippen MR) is 103 cm³/mol. The molecule has 2 amide bonds. The summed E-state index contributed by atoms with van der Waals surface area (Å²) >= 11 is 2.19. The van der Waals surface area contributed by atoms with E-state index >= 15 is 0 Å². The molecule has 2 N–H and O–H groups in total. The van der Waals surface area contributed by atoms with E-state index in [1.165, 1.54) is 0 Å². The van der Waals surface area contributed by atoms with Crippen LogP contribution in [0.1, 0.15) is 5.56 Å². The molecule has 0 fully saturated rings. The average Bonchev–Trinajstić information content (AvgIpc) is 2.46. The molecule has 1 aromatic carbocycles. The Hall–Kier alpha value is -2.00. The molecule has 0 aliphatic heterocycles. The van der Waals surface area contributed by atoms with Crippen LogP contribution in [0.25, 0.3) is 0 Å². The summed E-state index contributed by atoms with van der Waals surface area (Å²) in [5.74, 6) is 0.135. The van der Waals surface area contributed by atoms with Gasteiger partial charge in [-0.15, -0.1) is 0 Å². The normalized spacial score (nSPS) is 10.5. The Bertz CT molecular complexity index is 675. The van der Waals surface area contributed by atoms with Crippen molar-refractivity contribution in [3.63, 3.8) is 0 Å². The number of nitrogens with zero attached hydrogens (tertiary/aromatic N) is 2. The van der Waals surface area contributed by atoms with Crippen LogP contribution < -0.4 is 10.6 Å². The Morgan fingerprint density at radius 1 is 1.12 bits per heavy atom. The summed E-state index contributed by atoms with van der Waals surface area (Å²) in [5.41, 5.74) is 1.76. The average molecular weight is 438 g/mol. The van der Waals surface area contributed by atoms with Crippen LogP contribution in [0.5, 0.6) is 0 Å². The number of pyridine rings is 1. The summed E-state index contributed by atoms with van der Waals surface area (Å²) in [6, 6.07) is 11.2. The van der Waals surface area contributed by atoms with Crippen LogP contribution in [0.15, 0.2) is 42.6 Å². The van der Waals surface area contributed by atoms with Gasteiger partial charge in [-0.2, -0.15) is 0 Å². The van der Waals surface area contributed by atoms with Gasteiger partial charge >= 0.3 is 0 Å². The summed E-state index contributed by atoms with van der Waals surface area (Å²) in [5, 5.41) is 5.53. The molecule has 2 aromatic rings. The van der Waals surface area contributed by atoms with Gasteiger partial charge in [0.25, 0.3) is 0 Å². The van der Waals surface area contributed by atoms with E-state index < -0.39 is 0 Å². The number of halogens is 1. The number of hydrogen-bond donors (Lipinski definition) is 2. The fraction of sp³-hybridized carbons (Fsp3) is 0.235. The first-order chi connectivity index (χ1) is 11.4. The van der Waals surface area contributed by atoms with Crippen LogP contribution in [-0.2, 0) is 9.59 Å². The van der Waals surface area contributed by atoms with Gasteiger partial charge in [-0.1, -0.05) is 6.07 Å². The molecular weight excluding hydrogens is 419 g/mol. The summed E-state index contributed by atoms with van der Waals surface area (Å²) < 4.78 is 1.05. The lowest BCUT2D eigenvalue weighted by Gasteiger charge is -2.16. The third-order valence-corrected chi connectivity index (χ3v) is 3.79. The minimum Gasteiger partial charge on any atom is -0.325 e. The smallest absolute Gasteiger partial charge is 0.239 e. The van der Waals surface area contributed by atoms with Crippen molar-refractivity contribution < 1.29 is 9.59 Å². The molecule has 2 rings (SSSR count). The molecule has 126 valence electrons. The van der Waals surface area contributed by atoms with E-state index in [0.29, 0.717) is 5.82 Å². The second-order valence-corrected chi connectivity index (χ2v) is 6.74. The van der Waals surface area contributed by atoms with Crippen molar-refractivity contribution in [1.29, 1.82) is 0 Å². The highest BCUT2D eigenvalue weighted by molar-refractivity contribution is 14.1. The van der Waals surface area contributed by atoms with E-state index in [9.17, 15) is 9.59 Å². The SMILES string of the molecule is Cc1ccnc(NC(=O)CN(C)CC(=O)Nc2cccc(I)c2)c1. The summed E-state index contributed by atoms with van der Waals surface area (Å²) in [4.78, 5) is 29.7. The predicted octanol–water partition coefficient (Wildman–Crippen LogP) is 2.50. The van der Waals surface area contributed by atoms with Crippen LogP contribution in [0.3, 0.4) is 0 Å². The molecule has 0 unspecified atom stereocenters. The number of nitrogens with one attached hydrogen (secondary N) is 2. The van der Waals surface area contributed by atoms with Crippen molar-refractivity contribution in [2.75, 3.05) is 30.8 Å². The molecule has 24 heavy (non-hydrogen) atoms. The molecule has 0 aliphatic rings. The topological polar surface area (TPSA) is 74.3 Å². The van der Waals surface area contributed by atoms with E-state index in [2.05, 4.69) is 38.2 Å². The summed E-state index contributed by atoms with van der Waals surface area (Å²) in [6.45, 7) is 2.16. The quantitative estimate of drug-likeness (QED) is 0.680. The lowest BCUT2D eigenvalue weighted by Crippen LogP contribution is -2.36. The van der Waals surface area contributed by atoms with E-state index in [-0.39, 0.29) is 24.9 Å². The molecule has 7 heteroatoms. The van der Waals surface area contributed by atoms with Gasteiger partial charge in [-0.3, -0.25) is 14.5 Å². The van der Waals surface area contributed by atoms with Crippen LogP contribution in [0, 0.1) is 10.5 Å². The summed E-state index contributed by atoms with van der Waals surface area (Å²) in [6.07, 6.45) is 1.64. The first-order valence-corrected chi connectivity index (χ1v) is 8.47. The first kappa shape index (κ1) is 18.3. The van der Waals surface area contributed by atoms with Crippen molar-refractivity contribution in [3.8, 4) is 0 Å². The van der Waals surface area contributed by atoms with Crippen molar-refractivity contribution in [2.45, 2.75) is 6.92 Å². The number of amides is 2. The fourth-order valence-electron chi connectivity index (χ4n) is 2.10. The maximum atomic E-state index is 12.0. The Morgan fingerprint density at radius 3 is 2.50 bits per heavy atom. The van der Waals surface area contributed by atoms with Crippen LogP contribution in [0.2, 0.25) is 0 Å². The Morgan fingerprint density at radius 2 is 1.83 bits per heavy atom. The number of hydrogen-bond acceptors (Lipinski definition) is 4. The second-order valence-electron chi connectivity index (χ2n) is 5.50. The zero-order chi connectivity index (χ0) is 17.5. The van der Waals surface area contributed by atoms with Crippen molar-refractivity contribution in [3.05, 3.63) is 51.7 Å². The fourth-order valence-corrected chi connectivity index (χ4v) is 2.64.